The molecule has 0 unspecified atom stereocenters. The summed E-state index contributed by atoms with van der Waals surface area (Å²) >= 11 is 6.87. The van der Waals surface area contributed by atoms with Crippen molar-refractivity contribution in [2.75, 3.05) is 20.3 Å². The number of halogens is 1. The molecule has 3 amide bonds. The van der Waals surface area contributed by atoms with Crippen LogP contribution in [0.25, 0.3) is 6.08 Å². The van der Waals surface area contributed by atoms with E-state index in [1.165, 1.54) is 25.3 Å². The molecule has 1 saturated heterocycles. The molecule has 0 radical (unpaired) electrons. The number of hydrogen-bond donors (Lipinski definition) is 1. The van der Waals surface area contributed by atoms with E-state index in [1.807, 2.05) is 0 Å². The normalized spacial score (nSPS) is 15.2. The van der Waals surface area contributed by atoms with E-state index in [0.29, 0.717) is 17.3 Å². The lowest BCUT2D eigenvalue weighted by Gasteiger charge is -2.13. The number of rotatable bonds is 8. The quantitative estimate of drug-likeness (QED) is 0.479. The number of nitrogens with zero attached hydrogens (tertiary/aromatic N) is 1. The molecule has 1 fully saturated rings. The maximum absolute atomic E-state index is 12.5. The first kappa shape index (κ1) is 22.6. The summed E-state index contributed by atoms with van der Waals surface area (Å²) in [7, 11) is 1.38. The van der Waals surface area contributed by atoms with E-state index in [2.05, 4.69) is 0 Å². The van der Waals surface area contributed by atoms with E-state index < -0.39 is 29.6 Å². The summed E-state index contributed by atoms with van der Waals surface area (Å²) in [5.41, 5.74) is 5.51. The standard InChI is InChI=1S/C18H19ClN2O7S/c1-9(2)28-15(23)7-21-17(24)13(29-18(21)25)6-10-4-11(19)16(12(5-10)26-3)27-8-14(20)22/h4-6,9H,7-8H2,1-3H3,(H2,20,22)/b13-6-. The van der Waals surface area contributed by atoms with Gasteiger partial charge in [0.25, 0.3) is 17.1 Å². The molecule has 0 saturated carbocycles. The Hall–Kier alpha value is -2.72. The summed E-state index contributed by atoms with van der Waals surface area (Å²) in [5.74, 6) is -1.65. The first-order valence-corrected chi connectivity index (χ1v) is 9.55. The topological polar surface area (TPSA) is 125 Å². The Morgan fingerprint density at radius 2 is 2.00 bits per heavy atom. The number of imide groups is 1. The number of nitrogens with two attached hydrogens (primary N) is 1. The molecule has 0 atom stereocenters. The van der Waals surface area contributed by atoms with Gasteiger partial charge in [0.2, 0.25) is 0 Å². The average Bonchev–Trinajstić information content (AvgIpc) is 2.87. The van der Waals surface area contributed by atoms with Crippen molar-refractivity contribution in [2.45, 2.75) is 20.0 Å². The second-order valence-corrected chi connectivity index (χ2v) is 7.50. The zero-order valence-corrected chi connectivity index (χ0v) is 17.5. The lowest BCUT2D eigenvalue weighted by molar-refractivity contribution is -0.149. The highest BCUT2D eigenvalue weighted by molar-refractivity contribution is 8.18. The van der Waals surface area contributed by atoms with Gasteiger partial charge in [-0.2, -0.15) is 0 Å². The molecule has 1 aliphatic rings. The predicted molar refractivity (Wildman–Crippen MR) is 107 cm³/mol. The maximum atomic E-state index is 12.5. The molecule has 9 nitrogen and oxygen atoms in total. The Labute approximate surface area is 176 Å². The van der Waals surface area contributed by atoms with Gasteiger partial charge in [-0.05, 0) is 49.4 Å². The minimum absolute atomic E-state index is 0.108. The van der Waals surface area contributed by atoms with Gasteiger partial charge in [-0.15, -0.1) is 0 Å². The van der Waals surface area contributed by atoms with Crippen molar-refractivity contribution in [1.29, 1.82) is 0 Å². The molecular weight excluding hydrogens is 424 g/mol. The Bertz CT molecular complexity index is 885. The molecule has 0 spiro atoms. The van der Waals surface area contributed by atoms with Gasteiger partial charge in [-0.1, -0.05) is 11.6 Å². The smallest absolute Gasteiger partial charge is 0.326 e. The third-order valence-corrected chi connectivity index (χ3v) is 4.62. The molecule has 1 aromatic carbocycles. The number of carbonyl (C=O) groups excluding carboxylic acids is 4. The van der Waals surface area contributed by atoms with Crippen LogP contribution in [0, 0.1) is 0 Å². The first-order valence-electron chi connectivity index (χ1n) is 8.35. The number of thioether (sulfide) groups is 1. The third-order valence-electron chi connectivity index (χ3n) is 3.44. The van der Waals surface area contributed by atoms with Crippen LogP contribution >= 0.6 is 23.4 Å². The highest BCUT2D eigenvalue weighted by Gasteiger charge is 2.36. The van der Waals surface area contributed by atoms with Crippen LogP contribution in [-0.2, 0) is 19.1 Å². The predicted octanol–water partition coefficient (Wildman–Crippen LogP) is 2.20. The molecular formula is C18H19ClN2O7S. The minimum Gasteiger partial charge on any atom is -0.493 e. The molecule has 0 aromatic heterocycles. The number of esters is 1. The fraction of sp³-hybridized carbons (Fsp3) is 0.333. The number of benzene rings is 1. The SMILES string of the molecule is COc1cc(/C=C2\SC(=O)N(CC(=O)OC(C)C)C2=O)cc(Cl)c1OCC(N)=O. The van der Waals surface area contributed by atoms with Crippen molar-refractivity contribution < 1.29 is 33.4 Å². The van der Waals surface area contributed by atoms with Crippen molar-refractivity contribution in [3.63, 3.8) is 0 Å². The molecule has 1 aromatic rings. The molecule has 11 heteroatoms. The fourth-order valence-electron chi connectivity index (χ4n) is 2.32. The van der Waals surface area contributed by atoms with Crippen LogP contribution in [0.2, 0.25) is 5.02 Å². The van der Waals surface area contributed by atoms with Gasteiger partial charge in [-0.25, -0.2) is 0 Å². The number of amides is 3. The number of ether oxygens (including phenoxy) is 3. The number of primary amides is 1. The van der Waals surface area contributed by atoms with Crippen molar-refractivity contribution in [3.05, 3.63) is 27.6 Å². The molecule has 2 N–H and O–H groups in total. The Balaban J connectivity index is 2.24. The van der Waals surface area contributed by atoms with Crippen LogP contribution in [0.5, 0.6) is 11.5 Å². The summed E-state index contributed by atoms with van der Waals surface area (Å²) in [6, 6.07) is 2.99. The summed E-state index contributed by atoms with van der Waals surface area (Å²) in [6.45, 7) is 2.48. The fourth-order valence-corrected chi connectivity index (χ4v) is 3.44. The van der Waals surface area contributed by atoms with Crippen molar-refractivity contribution in [1.82, 2.24) is 4.90 Å². The zero-order chi connectivity index (χ0) is 21.7. The Kier molecular flexibility index (Phi) is 7.52. The molecule has 156 valence electrons. The first-order chi connectivity index (χ1) is 13.6. The van der Waals surface area contributed by atoms with Crippen molar-refractivity contribution in [2.24, 2.45) is 5.73 Å². The lowest BCUT2D eigenvalue weighted by Crippen LogP contribution is -2.35. The second-order valence-electron chi connectivity index (χ2n) is 6.10. The molecule has 0 aliphatic carbocycles. The highest BCUT2D eigenvalue weighted by atomic mass is 35.5. The van der Waals surface area contributed by atoms with Gasteiger partial charge >= 0.3 is 5.97 Å². The van der Waals surface area contributed by atoms with Crippen LogP contribution in [0.3, 0.4) is 0 Å². The van der Waals surface area contributed by atoms with Crippen LogP contribution in [0.4, 0.5) is 4.79 Å². The van der Waals surface area contributed by atoms with E-state index in [-0.39, 0.29) is 34.1 Å². The lowest BCUT2D eigenvalue weighted by atomic mass is 10.1. The summed E-state index contributed by atoms with van der Waals surface area (Å²) in [5, 5.41) is -0.460. The van der Waals surface area contributed by atoms with E-state index >= 15 is 0 Å². The Morgan fingerprint density at radius 1 is 1.31 bits per heavy atom. The number of hydrogen-bond acceptors (Lipinski definition) is 8. The molecule has 0 bridgehead atoms. The second kappa shape index (κ2) is 9.66. The summed E-state index contributed by atoms with van der Waals surface area (Å²) < 4.78 is 15.4. The van der Waals surface area contributed by atoms with Gasteiger partial charge in [0, 0.05) is 0 Å². The van der Waals surface area contributed by atoms with Crippen LogP contribution in [-0.4, -0.2) is 54.3 Å². The monoisotopic (exact) mass is 442 g/mol. The largest absolute Gasteiger partial charge is 0.493 e. The van der Waals surface area contributed by atoms with Crippen molar-refractivity contribution in [3.8, 4) is 11.5 Å². The summed E-state index contributed by atoms with van der Waals surface area (Å²) in [4.78, 5) is 48.2. The average molecular weight is 443 g/mol. The molecule has 29 heavy (non-hydrogen) atoms. The van der Waals surface area contributed by atoms with E-state index in [4.69, 9.17) is 31.5 Å². The van der Waals surface area contributed by atoms with Gasteiger partial charge in [0.15, 0.2) is 18.1 Å². The third kappa shape index (κ3) is 5.88. The Morgan fingerprint density at radius 3 is 2.59 bits per heavy atom. The van der Waals surface area contributed by atoms with Gasteiger partial charge in [0.1, 0.15) is 6.54 Å². The van der Waals surface area contributed by atoms with Crippen molar-refractivity contribution >= 4 is 52.5 Å². The van der Waals surface area contributed by atoms with Gasteiger partial charge in [0.05, 0.1) is 23.1 Å². The van der Waals surface area contributed by atoms with Crippen LogP contribution in [0.1, 0.15) is 19.4 Å². The van der Waals surface area contributed by atoms with Gasteiger partial charge in [-0.3, -0.25) is 24.1 Å². The molecule has 2 rings (SSSR count). The maximum Gasteiger partial charge on any atom is 0.326 e. The van der Waals surface area contributed by atoms with Gasteiger partial charge < -0.3 is 19.9 Å². The van der Waals surface area contributed by atoms with E-state index in [9.17, 15) is 19.2 Å². The molecule has 1 aliphatic heterocycles. The van der Waals surface area contributed by atoms with Crippen LogP contribution < -0.4 is 15.2 Å². The zero-order valence-electron chi connectivity index (χ0n) is 15.9. The molecule has 1 heterocycles. The minimum atomic E-state index is -0.683. The van der Waals surface area contributed by atoms with E-state index in [0.717, 1.165) is 4.90 Å². The van der Waals surface area contributed by atoms with Crippen LogP contribution in [0.15, 0.2) is 17.0 Å². The summed E-state index contributed by atoms with van der Waals surface area (Å²) in [6.07, 6.45) is 1.08. The number of methoxy groups -OCH3 is 1. The highest BCUT2D eigenvalue weighted by Crippen LogP contribution is 2.38. The number of carbonyl (C=O) groups is 4. The van der Waals surface area contributed by atoms with E-state index in [1.54, 1.807) is 13.8 Å².